The summed E-state index contributed by atoms with van der Waals surface area (Å²) in [5.74, 6) is 0.513. The summed E-state index contributed by atoms with van der Waals surface area (Å²) in [5.41, 5.74) is 0. The normalized spacial score (nSPS) is 11.2. The molecular weight excluding hydrogens is 278 g/mol. The number of hydrogen-bond acceptors (Lipinski definition) is 5. The van der Waals surface area contributed by atoms with Crippen molar-refractivity contribution in [3.05, 3.63) is 24.4 Å². The second kappa shape index (κ2) is 8.64. The van der Waals surface area contributed by atoms with Gasteiger partial charge < -0.3 is 18.6 Å². The van der Waals surface area contributed by atoms with E-state index in [-0.39, 0.29) is 6.03 Å². The molecule has 112 valence electrons. The molecule has 2 N–H and O–H groups in total. The fourth-order valence-electron chi connectivity index (χ4n) is 1.66. The van der Waals surface area contributed by atoms with Gasteiger partial charge in [0.25, 0.3) is 0 Å². The van der Waals surface area contributed by atoms with Gasteiger partial charge in [0.15, 0.2) is 0 Å². The minimum absolute atomic E-state index is 0.289. The van der Waals surface area contributed by atoms with Gasteiger partial charge in [0, 0.05) is 40.1 Å². The zero-order valence-corrected chi connectivity index (χ0v) is 13.0. The van der Waals surface area contributed by atoms with Crippen LogP contribution in [0.2, 0.25) is 6.04 Å². The number of rotatable bonds is 8. The zero-order valence-electron chi connectivity index (χ0n) is 12.0. The summed E-state index contributed by atoms with van der Waals surface area (Å²) in [7, 11) is 2.16. The Labute approximate surface area is 120 Å². The van der Waals surface area contributed by atoms with E-state index in [9.17, 15) is 4.79 Å². The van der Waals surface area contributed by atoms with Crippen LogP contribution in [-0.2, 0) is 13.3 Å². The number of aromatic nitrogens is 1. The van der Waals surface area contributed by atoms with Crippen molar-refractivity contribution in [1.29, 1.82) is 0 Å². The van der Waals surface area contributed by atoms with Crippen molar-refractivity contribution in [1.82, 2.24) is 10.3 Å². The summed E-state index contributed by atoms with van der Waals surface area (Å²) in [6.45, 7) is 0.503. The molecule has 1 heterocycles. The monoisotopic (exact) mass is 299 g/mol. The predicted octanol–water partition coefficient (Wildman–Crippen LogP) is 1.47. The van der Waals surface area contributed by atoms with Gasteiger partial charge in [-0.15, -0.1) is 0 Å². The van der Waals surface area contributed by atoms with Gasteiger partial charge in [-0.05, 0) is 18.6 Å². The quantitative estimate of drug-likeness (QED) is 0.561. The van der Waals surface area contributed by atoms with Crippen LogP contribution < -0.4 is 10.6 Å². The molecule has 1 aromatic rings. The molecule has 0 aliphatic rings. The Hall–Kier alpha value is -1.48. The van der Waals surface area contributed by atoms with Crippen LogP contribution in [0, 0.1) is 0 Å². The fraction of sp³-hybridized carbons (Fsp3) is 0.500. The highest BCUT2D eigenvalue weighted by Crippen LogP contribution is 2.14. The lowest BCUT2D eigenvalue weighted by Gasteiger charge is -2.24. The van der Waals surface area contributed by atoms with Gasteiger partial charge in [-0.3, -0.25) is 5.32 Å². The first-order valence-corrected chi connectivity index (χ1v) is 8.20. The van der Waals surface area contributed by atoms with E-state index in [4.69, 9.17) is 13.3 Å². The zero-order chi connectivity index (χ0) is 14.8. The van der Waals surface area contributed by atoms with E-state index >= 15 is 0 Å². The van der Waals surface area contributed by atoms with Crippen LogP contribution in [0.3, 0.4) is 0 Å². The van der Waals surface area contributed by atoms with E-state index in [1.807, 2.05) is 0 Å². The van der Waals surface area contributed by atoms with Crippen molar-refractivity contribution in [2.45, 2.75) is 12.5 Å². The Morgan fingerprint density at radius 1 is 1.25 bits per heavy atom. The average Bonchev–Trinajstić information content (AvgIpc) is 2.49. The first kappa shape index (κ1) is 16.6. The van der Waals surface area contributed by atoms with Crippen LogP contribution >= 0.6 is 0 Å². The molecule has 0 radical (unpaired) electrons. The number of nitrogens with zero attached hydrogens (tertiary/aromatic N) is 1. The second-order valence-corrected chi connectivity index (χ2v) is 7.09. The Morgan fingerprint density at radius 3 is 2.50 bits per heavy atom. The molecule has 1 aromatic heterocycles. The number of carbonyl (C=O) groups excluding carboxylic acids is 1. The Kier molecular flexibility index (Phi) is 7.16. The SMILES string of the molecule is CO[Si](CCCNC(=O)Nc1ccccn1)(OC)OC. The van der Waals surface area contributed by atoms with Gasteiger partial charge in [0.05, 0.1) is 0 Å². The smallest absolute Gasteiger partial charge is 0.377 e. The third-order valence-electron chi connectivity index (χ3n) is 2.78. The molecule has 0 bridgehead atoms. The average molecular weight is 299 g/mol. The van der Waals surface area contributed by atoms with Gasteiger partial charge in [0.2, 0.25) is 0 Å². The van der Waals surface area contributed by atoms with Crippen LogP contribution in [0.4, 0.5) is 10.6 Å². The number of carbonyl (C=O) groups is 1. The van der Waals surface area contributed by atoms with Crippen LogP contribution in [0.15, 0.2) is 24.4 Å². The molecule has 20 heavy (non-hydrogen) atoms. The van der Waals surface area contributed by atoms with Gasteiger partial charge in [-0.2, -0.15) is 0 Å². The molecule has 0 aliphatic heterocycles. The van der Waals surface area contributed by atoms with Crippen LogP contribution in [0.1, 0.15) is 6.42 Å². The van der Waals surface area contributed by atoms with E-state index < -0.39 is 8.80 Å². The first-order valence-electron chi connectivity index (χ1n) is 6.27. The minimum atomic E-state index is -2.55. The van der Waals surface area contributed by atoms with E-state index in [1.54, 1.807) is 45.7 Å². The number of hydrogen-bond donors (Lipinski definition) is 2. The molecule has 2 amide bonds. The van der Waals surface area contributed by atoms with Gasteiger partial charge >= 0.3 is 14.8 Å². The number of pyridine rings is 1. The van der Waals surface area contributed by atoms with Gasteiger partial charge in [0.1, 0.15) is 5.82 Å². The highest BCUT2D eigenvalue weighted by atomic mass is 28.4. The summed E-state index contributed by atoms with van der Waals surface area (Å²) >= 11 is 0. The first-order chi connectivity index (χ1) is 9.65. The van der Waals surface area contributed by atoms with Crippen molar-refractivity contribution < 1.29 is 18.1 Å². The standard InChI is InChI=1S/C12H21N3O4Si/c1-17-20(18-2,19-3)10-6-9-14-12(16)15-11-7-4-5-8-13-11/h4-5,7-8H,6,9-10H2,1-3H3,(H2,13,14,15,16). The molecule has 0 aromatic carbocycles. The maximum Gasteiger partial charge on any atom is 0.500 e. The maximum absolute atomic E-state index is 11.6. The number of anilines is 1. The predicted molar refractivity (Wildman–Crippen MR) is 77.5 cm³/mol. The highest BCUT2D eigenvalue weighted by molar-refractivity contribution is 6.60. The lowest BCUT2D eigenvalue weighted by Crippen LogP contribution is -2.43. The summed E-state index contributed by atoms with van der Waals surface area (Å²) in [5, 5.41) is 5.38. The van der Waals surface area contributed by atoms with Crippen molar-refractivity contribution in [2.24, 2.45) is 0 Å². The molecule has 0 atom stereocenters. The van der Waals surface area contributed by atoms with Gasteiger partial charge in [-0.1, -0.05) is 6.07 Å². The lowest BCUT2D eigenvalue weighted by atomic mass is 10.4. The summed E-state index contributed by atoms with van der Waals surface area (Å²) in [6.07, 6.45) is 2.32. The summed E-state index contributed by atoms with van der Waals surface area (Å²) < 4.78 is 15.9. The third kappa shape index (κ3) is 5.25. The minimum Gasteiger partial charge on any atom is -0.377 e. The van der Waals surface area contributed by atoms with Crippen LogP contribution in [-0.4, -0.2) is 47.7 Å². The van der Waals surface area contributed by atoms with Crippen LogP contribution in [0.5, 0.6) is 0 Å². The molecule has 0 spiro atoms. The Morgan fingerprint density at radius 2 is 1.95 bits per heavy atom. The van der Waals surface area contributed by atoms with E-state index in [0.29, 0.717) is 24.8 Å². The number of urea groups is 1. The maximum atomic E-state index is 11.6. The largest absolute Gasteiger partial charge is 0.500 e. The fourth-order valence-corrected chi connectivity index (χ4v) is 3.38. The molecule has 7 nitrogen and oxygen atoms in total. The van der Waals surface area contributed by atoms with Crippen LogP contribution in [0.25, 0.3) is 0 Å². The second-order valence-electron chi connectivity index (χ2n) is 3.99. The summed E-state index contributed by atoms with van der Waals surface area (Å²) in [4.78, 5) is 15.6. The van der Waals surface area contributed by atoms with E-state index in [1.165, 1.54) is 0 Å². The van der Waals surface area contributed by atoms with Crippen molar-refractivity contribution in [3.63, 3.8) is 0 Å². The molecule has 0 aliphatic carbocycles. The van der Waals surface area contributed by atoms with E-state index in [0.717, 1.165) is 0 Å². The van der Waals surface area contributed by atoms with Crippen molar-refractivity contribution in [3.8, 4) is 0 Å². The number of amides is 2. The van der Waals surface area contributed by atoms with Crippen molar-refractivity contribution >= 4 is 20.7 Å². The molecular formula is C12H21N3O4Si. The molecule has 1 rings (SSSR count). The molecule has 0 saturated carbocycles. The number of nitrogens with one attached hydrogen (secondary N) is 2. The lowest BCUT2D eigenvalue weighted by molar-refractivity contribution is 0.123. The Balaban J connectivity index is 2.25. The highest BCUT2D eigenvalue weighted by Gasteiger charge is 2.36. The van der Waals surface area contributed by atoms with Crippen molar-refractivity contribution in [2.75, 3.05) is 33.2 Å². The van der Waals surface area contributed by atoms with Gasteiger partial charge in [-0.25, -0.2) is 9.78 Å². The van der Waals surface area contributed by atoms with E-state index in [2.05, 4.69) is 15.6 Å². The topological polar surface area (TPSA) is 81.7 Å². The summed E-state index contributed by atoms with van der Waals surface area (Å²) in [6, 6.07) is 5.66. The Bertz CT molecular complexity index is 393. The molecule has 8 heteroatoms. The molecule has 0 fully saturated rings. The molecule has 0 saturated heterocycles. The third-order valence-corrected chi connectivity index (χ3v) is 5.62. The molecule has 0 unspecified atom stereocenters.